The Morgan fingerprint density at radius 3 is 2.61 bits per heavy atom. The van der Waals surface area contributed by atoms with Crippen molar-refractivity contribution in [2.24, 2.45) is 11.3 Å². The van der Waals surface area contributed by atoms with Crippen LogP contribution >= 0.6 is 0 Å². The summed E-state index contributed by atoms with van der Waals surface area (Å²) in [6.45, 7) is 3.88. The molecule has 0 amide bonds. The van der Waals surface area contributed by atoms with Gasteiger partial charge in [0.2, 0.25) is 5.89 Å². The molecule has 5 nitrogen and oxygen atoms in total. The summed E-state index contributed by atoms with van der Waals surface area (Å²) >= 11 is 0. The van der Waals surface area contributed by atoms with Crippen molar-refractivity contribution in [3.05, 3.63) is 11.7 Å². The number of hydrogen-bond donors (Lipinski definition) is 1. The van der Waals surface area contributed by atoms with E-state index in [-0.39, 0.29) is 11.3 Å². The lowest BCUT2D eigenvalue weighted by molar-refractivity contribution is -0.139. The van der Waals surface area contributed by atoms with Crippen LogP contribution in [0.5, 0.6) is 0 Å². The van der Waals surface area contributed by atoms with Crippen molar-refractivity contribution in [1.82, 2.24) is 10.1 Å². The fraction of sp³-hybridized carbons (Fsp3) is 0.769. The average molecular weight is 250 g/mol. The van der Waals surface area contributed by atoms with Crippen molar-refractivity contribution in [1.29, 1.82) is 0 Å². The molecule has 0 spiro atoms. The van der Waals surface area contributed by atoms with Crippen molar-refractivity contribution in [2.75, 3.05) is 0 Å². The predicted octanol–water partition coefficient (Wildman–Crippen LogP) is 2.55. The maximum atomic E-state index is 11.1. The SMILES string of the molecule is CC1(C)C(C(=O)O)C1c1nc(C2CCCC2)no1. The van der Waals surface area contributed by atoms with Gasteiger partial charge in [-0.3, -0.25) is 4.79 Å². The van der Waals surface area contributed by atoms with Gasteiger partial charge in [-0.2, -0.15) is 4.98 Å². The van der Waals surface area contributed by atoms with E-state index in [1.165, 1.54) is 12.8 Å². The van der Waals surface area contributed by atoms with E-state index in [0.717, 1.165) is 18.7 Å². The van der Waals surface area contributed by atoms with Gasteiger partial charge in [0.25, 0.3) is 0 Å². The minimum absolute atomic E-state index is 0.127. The van der Waals surface area contributed by atoms with Gasteiger partial charge in [0.05, 0.1) is 11.8 Å². The molecule has 5 heteroatoms. The second kappa shape index (κ2) is 3.80. The van der Waals surface area contributed by atoms with Gasteiger partial charge < -0.3 is 9.63 Å². The quantitative estimate of drug-likeness (QED) is 0.892. The van der Waals surface area contributed by atoms with Gasteiger partial charge in [-0.05, 0) is 18.3 Å². The number of aromatic nitrogens is 2. The van der Waals surface area contributed by atoms with Crippen LogP contribution in [0.4, 0.5) is 0 Å². The smallest absolute Gasteiger partial charge is 0.307 e. The van der Waals surface area contributed by atoms with Crippen LogP contribution in [-0.2, 0) is 4.79 Å². The van der Waals surface area contributed by atoms with Crippen molar-refractivity contribution in [2.45, 2.75) is 51.4 Å². The number of carboxylic acids is 1. The van der Waals surface area contributed by atoms with E-state index in [2.05, 4.69) is 10.1 Å². The van der Waals surface area contributed by atoms with Crippen LogP contribution in [-0.4, -0.2) is 21.2 Å². The Kier molecular flexibility index (Phi) is 2.47. The molecule has 0 saturated heterocycles. The van der Waals surface area contributed by atoms with Gasteiger partial charge in [0.15, 0.2) is 5.82 Å². The van der Waals surface area contributed by atoms with Gasteiger partial charge in [-0.1, -0.05) is 31.8 Å². The summed E-state index contributed by atoms with van der Waals surface area (Å²) < 4.78 is 5.29. The topological polar surface area (TPSA) is 76.2 Å². The molecule has 1 heterocycles. The summed E-state index contributed by atoms with van der Waals surface area (Å²) in [6.07, 6.45) is 4.69. The molecule has 2 aliphatic rings. The maximum Gasteiger partial charge on any atom is 0.307 e. The zero-order chi connectivity index (χ0) is 12.9. The van der Waals surface area contributed by atoms with Crippen LogP contribution in [0.2, 0.25) is 0 Å². The Labute approximate surface area is 106 Å². The largest absolute Gasteiger partial charge is 0.481 e. The Bertz CT molecular complexity index is 474. The first-order valence-electron chi connectivity index (χ1n) is 6.58. The molecule has 0 bridgehead atoms. The molecule has 2 atom stereocenters. The van der Waals surface area contributed by atoms with Crippen LogP contribution in [0, 0.1) is 11.3 Å². The van der Waals surface area contributed by atoms with Crippen molar-refractivity contribution >= 4 is 5.97 Å². The number of carbonyl (C=O) groups is 1. The molecule has 18 heavy (non-hydrogen) atoms. The highest BCUT2D eigenvalue weighted by molar-refractivity contribution is 5.77. The summed E-state index contributed by atoms with van der Waals surface area (Å²) in [5.74, 6) is 0.397. The molecule has 2 fully saturated rings. The van der Waals surface area contributed by atoms with Crippen LogP contribution in [0.15, 0.2) is 4.52 Å². The molecule has 0 aliphatic heterocycles. The molecule has 2 saturated carbocycles. The van der Waals surface area contributed by atoms with E-state index in [0.29, 0.717) is 11.8 Å². The van der Waals surface area contributed by atoms with Crippen LogP contribution in [0.3, 0.4) is 0 Å². The first kappa shape index (κ1) is 11.7. The summed E-state index contributed by atoms with van der Waals surface area (Å²) in [7, 11) is 0. The Morgan fingerprint density at radius 2 is 2.06 bits per heavy atom. The molecule has 1 N–H and O–H groups in total. The van der Waals surface area contributed by atoms with E-state index in [1.54, 1.807) is 0 Å². The van der Waals surface area contributed by atoms with E-state index in [4.69, 9.17) is 9.63 Å². The number of carboxylic acid groups (broad SMARTS) is 1. The monoisotopic (exact) mass is 250 g/mol. The Hall–Kier alpha value is -1.39. The molecule has 1 aromatic heterocycles. The van der Waals surface area contributed by atoms with Gasteiger partial charge in [-0.15, -0.1) is 0 Å². The third-order valence-corrected chi connectivity index (χ3v) is 4.54. The van der Waals surface area contributed by atoms with Gasteiger partial charge >= 0.3 is 5.97 Å². The third-order valence-electron chi connectivity index (χ3n) is 4.54. The Morgan fingerprint density at radius 1 is 1.39 bits per heavy atom. The van der Waals surface area contributed by atoms with Crippen LogP contribution in [0.25, 0.3) is 0 Å². The molecule has 98 valence electrons. The average Bonchev–Trinajstić information content (AvgIpc) is 2.80. The minimum Gasteiger partial charge on any atom is -0.481 e. The number of rotatable bonds is 3. The molecule has 0 aromatic carbocycles. The third kappa shape index (κ3) is 1.64. The zero-order valence-corrected chi connectivity index (χ0v) is 10.7. The molecule has 0 radical (unpaired) electrons. The lowest BCUT2D eigenvalue weighted by Crippen LogP contribution is -2.03. The second-order valence-corrected chi connectivity index (χ2v) is 6.09. The summed E-state index contributed by atoms with van der Waals surface area (Å²) in [5.41, 5.74) is -0.273. The van der Waals surface area contributed by atoms with E-state index < -0.39 is 11.9 Å². The zero-order valence-electron chi connectivity index (χ0n) is 10.7. The van der Waals surface area contributed by atoms with Crippen molar-refractivity contribution in [3.63, 3.8) is 0 Å². The lowest BCUT2D eigenvalue weighted by atomic mass is 10.1. The standard InChI is InChI=1S/C13H18N2O3/c1-13(2)8(9(13)12(16)17)11-14-10(15-18-11)7-5-3-4-6-7/h7-9H,3-6H2,1-2H3,(H,16,17). The maximum absolute atomic E-state index is 11.1. The van der Waals surface area contributed by atoms with Gasteiger partial charge in [0, 0.05) is 5.92 Å². The van der Waals surface area contributed by atoms with Crippen LogP contribution in [0.1, 0.15) is 63.1 Å². The first-order chi connectivity index (χ1) is 8.51. The summed E-state index contributed by atoms with van der Waals surface area (Å²) in [4.78, 5) is 15.6. The Balaban J connectivity index is 1.80. The molecule has 2 aliphatic carbocycles. The summed E-state index contributed by atoms with van der Waals surface area (Å²) in [5, 5.41) is 13.2. The highest BCUT2D eigenvalue weighted by Gasteiger charge is 2.65. The van der Waals surface area contributed by atoms with E-state index >= 15 is 0 Å². The molecular formula is C13H18N2O3. The van der Waals surface area contributed by atoms with Crippen LogP contribution < -0.4 is 0 Å². The minimum atomic E-state index is -0.773. The summed E-state index contributed by atoms with van der Waals surface area (Å²) in [6, 6.07) is 0. The fourth-order valence-electron chi connectivity index (χ4n) is 3.28. The molecule has 1 aromatic rings. The van der Waals surface area contributed by atoms with Gasteiger partial charge in [-0.25, -0.2) is 0 Å². The highest BCUT2D eigenvalue weighted by atomic mass is 16.5. The van der Waals surface area contributed by atoms with Crippen molar-refractivity contribution in [3.8, 4) is 0 Å². The molecule has 2 unspecified atom stereocenters. The molecule has 3 rings (SSSR count). The fourth-order valence-corrected chi connectivity index (χ4v) is 3.28. The first-order valence-corrected chi connectivity index (χ1v) is 6.58. The van der Waals surface area contributed by atoms with Crippen molar-refractivity contribution < 1.29 is 14.4 Å². The second-order valence-electron chi connectivity index (χ2n) is 6.09. The predicted molar refractivity (Wildman–Crippen MR) is 63.2 cm³/mol. The highest BCUT2D eigenvalue weighted by Crippen LogP contribution is 2.64. The normalized spacial score (nSPS) is 30.6. The number of hydrogen-bond acceptors (Lipinski definition) is 4. The number of nitrogens with zero attached hydrogens (tertiary/aromatic N) is 2. The van der Waals surface area contributed by atoms with Gasteiger partial charge in [0.1, 0.15) is 0 Å². The number of aliphatic carboxylic acids is 1. The van der Waals surface area contributed by atoms with E-state index in [9.17, 15) is 4.79 Å². The molecular weight excluding hydrogens is 232 g/mol. The lowest BCUT2D eigenvalue weighted by Gasteiger charge is -1.99. The van der Waals surface area contributed by atoms with E-state index in [1.807, 2.05) is 13.8 Å².